The minimum Gasteiger partial charge on any atom is -0.481 e. The summed E-state index contributed by atoms with van der Waals surface area (Å²) in [5, 5.41) is 10.7. The van der Waals surface area contributed by atoms with Gasteiger partial charge in [0.2, 0.25) is 11.8 Å². The van der Waals surface area contributed by atoms with Crippen molar-refractivity contribution in [3.05, 3.63) is 36.1 Å². The van der Waals surface area contributed by atoms with Crippen LogP contribution in [0.3, 0.4) is 0 Å². The quantitative estimate of drug-likeness (QED) is 0.384. The van der Waals surface area contributed by atoms with E-state index in [0.717, 1.165) is 6.08 Å². The summed E-state index contributed by atoms with van der Waals surface area (Å²) in [5.41, 5.74) is -0.481. The fourth-order valence-electron chi connectivity index (χ4n) is 2.43. The molecule has 0 spiro atoms. The highest BCUT2D eigenvalue weighted by atomic mass is 16.5. The van der Waals surface area contributed by atoms with Crippen LogP contribution in [0.15, 0.2) is 36.1 Å². The van der Waals surface area contributed by atoms with Gasteiger partial charge in [0.05, 0.1) is 5.57 Å². The summed E-state index contributed by atoms with van der Waals surface area (Å²) in [4.78, 5) is 59.2. The second-order valence-electron chi connectivity index (χ2n) is 5.05. The number of hydrogen-bond donors (Lipinski definition) is 2. The molecule has 2 aliphatic rings. The van der Waals surface area contributed by atoms with E-state index in [0.29, 0.717) is 4.90 Å². The van der Waals surface area contributed by atoms with Crippen molar-refractivity contribution in [3.8, 4) is 0 Å². The highest BCUT2D eigenvalue weighted by molar-refractivity contribution is 6.26. The molecule has 0 aromatic heterocycles. The number of likely N-dealkylation sites (tertiary alicyclic amines) is 1. The van der Waals surface area contributed by atoms with E-state index >= 15 is 0 Å². The second kappa shape index (κ2) is 6.49. The van der Waals surface area contributed by atoms with Gasteiger partial charge in [0.1, 0.15) is 11.8 Å². The molecule has 24 heavy (non-hydrogen) atoms. The number of carboxylic acid groups (broad SMARTS) is 1. The van der Waals surface area contributed by atoms with Crippen molar-refractivity contribution in [1.82, 2.24) is 10.2 Å². The van der Waals surface area contributed by atoms with E-state index in [2.05, 4.69) is 18.5 Å². The van der Waals surface area contributed by atoms with Crippen LogP contribution in [0.25, 0.3) is 0 Å². The SMILES string of the molecule is C=C/C(OCC(=O)O)=C1\C(=C)C(=O)N(C2CCC(=O)NC2=O)C1=O. The molecule has 2 fully saturated rings. The number of nitrogens with one attached hydrogen (secondary N) is 1. The first-order valence-electron chi connectivity index (χ1n) is 6.90. The van der Waals surface area contributed by atoms with Crippen LogP contribution in [-0.2, 0) is 28.7 Å². The fraction of sp³-hybridized carbons (Fsp3) is 0.267. The summed E-state index contributed by atoms with van der Waals surface area (Å²) in [6, 6.07) is -1.14. The van der Waals surface area contributed by atoms with Crippen molar-refractivity contribution < 1.29 is 33.8 Å². The third-order valence-electron chi connectivity index (χ3n) is 3.52. The Labute approximate surface area is 136 Å². The Morgan fingerprint density at radius 2 is 2.00 bits per heavy atom. The maximum absolute atomic E-state index is 12.5. The lowest BCUT2D eigenvalue weighted by Crippen LogP contribution is -2.54. The van der Waals surface area contributed by atoms with Crippen LogP contribution in [0.1, 0.15) is 12.8 Å². The van der Waals surface area contributed by atoms with Crippen molar-refractivity contribution in [1.29, 1.82) is 0 Å². The zero-order valence-corrected chi connectivity index (χ0v) is 12.5. The molecule has 2 rings (SSSR count). The van der Waals surface area contributed by atoms with Gasteiger partial charge >= 0.3 is 5.97 Å². The third kappa shape index (κ3) is 2.96. The van der Waals surface area contributed by atoms with Crippen molar-refractivity contribution in [3.63, 3.8) is 0 Å². The van der Waals surface area contributed by atoms with E-state index in [1.165, 1.54) is 0 Å². The Kier molecular flexibility index (Phi) is 4.63. The van der Waals surface area contributed by atoms with Crippen LogP contribution >= 0.6 is 0 Å². The van der Waals surface area contributed by atoms with E-state index in [1.807, 2.05) is 0 Å². The minimum absolute atomic E-state index is 0.00210. The lowest BCUT2D eigenvalue weighted by Gasteiger charge is -2.27. The molecular formula is C15H14N2O7. The molecule has 0 aromatic rings. The van der Waals surface area contributed by atoms with Gasteiger partial charge in [-0.05, 0) is 12.5 Å². The van der Waals surface area contributed by atoms with E-state index in [1.54, 1.807) is 0 Å². The molecule has 0 bridgehead atoms. The van der Waals surface area contributed by atoms with Gasteiger partial charge in [0.15, 0.2) is 6.61 Å². The van der Waals surface area contributed by atoms with Crippen molar-refractivity contribution >= 4 is 29.6 Å². The van der Waals surface area contributed by atoms with Crippen LogP contribution in [0.5, 0.6) is 0 Å². The number of carboxylic acids is 1. The summed E-state index contributed by atoms with van der Waals surface area (Å²) in [7, 11) is 0. The van der Waals surface area contributed by atoms with Gasteiger partial charge in [-0.3, -0.25) is 29.4 Å². The van der Waals surface area contributed by atoms with Gasteiger partial charge in [-0.1, -0.05) is 13.2 Å². The first-order chi connectivity index (χ1) is 11.3. The monoisotopic (exact) mass is 334 g/mol. The number of carbonyl (C=O) groups is 5. The second-order valence-corrected chi connectivity index (χ2v) is 5.05. The number of aliphatic carboxylic acids is 1. The summed E-state index contributed by atoms with van der Waals surface area (Å²) in [5.74, 6) is -4.38. The number of nitrogens with zero attached hydrogens (tertiary/aromatic N) is 1. The topological polar surface area (TPSA) is 130 Å². The summed E-state index contributed by atoms with van der Waals surface area (Å²) in [6.07, 6.45) is 1.08. The minimum atomic E-state index is -1.28. The molecular weight excluding hydrogens is 320 g/mol. The molecule has 1 unspecified atom stereocenters. The molecule has 9 nitrogen and oxygen atoms in total. The Balaban J connectivity index is 2.36. The number of ether oxygens (including phenoxy) is 1. The molecule has 0 aliphatic carbocycles. The van der Waals surface area contributed by atoms with E-state index in [-0.39, 0.29) is 29.7 Å². The molecule has 2 heterocycles. The maximum atomic E-state index is 12.5. The highest BCUT2D eigenvalue weighted by Gasteiger charge is 2.47. The molecule has 4 amide bonds. The molecule has 126 valence electrons. The molecule has 2 N–H and O–H groups in total. The number of imide groups is 2. The molecule has 0 radical (unpaired) electrons. The number of hydrogen-bond acceptors (Lipinski definition) is 6. The molecule has 0 saturated carbocycles. The fourth-order valence-corrected chi connectivity index (χ4v) is 2.43. The van der Waals surface area contributed by atoms with Crippen LogP contribution in [0.4, 0.5) is 0 Å². The van der Waals surface area contributed by atoms with E-state index < -0.39 is 42.2 Å². The molecule has 9 heteroatoms. The third-order valence-corrected chi connectivity index (χ3v) is 3.52. The van der Waals surface area contributed by atoms with Gasteiger partial charge in [-0.2, -0.15) is 0 Å². The normalized spacial score (nSPS) is 23.2. The van der Waals surface area contributed by atoms with Gasteiger partial charge in [0, 0.05) is 12.0 Å². The standard InChI is InChI=1S/C15H14N2O7/c1-3-9(24-6-11(19)20)12-7(2)14(22)17(15(12)23)8-4-5-10(18)16-13(8)21/h3,8H,1-2,4-6H2,(H,19,20)(H,16,18,21)/b12-9-. The average Bonchev–Trinajstić information content (AvgIpc) is 2.72. The van der Waals surface area contributed by atoms with Crippen molar-refractivity contribution in [2.45, 2.75) is 18.9 Å². The van der Waals surface area contributed by atoms with Crippen molar-refractivity contribution in [2.24, 2.45) is 0 Å². The highest BCUT2D eigenvalue weighted by Crippen LogP contribution is 2.31. The number of rotatable bonds is 5. The first-order valence-corrected chi connectivity index (χ1v) is 6.90. The molecule has 2 saturated heterocycles. The summed E-state index contributed by atoms with van der Waals surface area (Å²) < 4.78 is 4.95. The zero-order chi connectivity index (χ0) is 18.0. The Morgan fingerprint density at radius 3 is 2.54 bits per heavy atom. The lowest BCUT2D eigenvalue weighted by atomic mass is 10.0. The van der Waals surface area contributed by atoms with Crippen molar-refractivity contribution in [2.75, 3.05) is 6.61 Å². The van der Waals surface area contributed by atoms with Crippen LogP contribution in [0, 0.1) is 0 Å². The maximum Gasteiger partial charge on any atom is 0.341 e. The largest absolute Gasteiger partial charge is 0.481 e. The molecule has 2 aliphatic heterocycles. The van der Waals surface area contributed by atoms with Gasteiger partial charge in [-0.15, -0.1) is 0 Å². The number of carbonyl (C=O) groups excluding carboxylic acids is 4. The zero-order valence-electron chi connectivity index (χ0n) is 12.5. The van der Waals surface area contributed by atoms with E-state index in [4.69, 9.17) is 9.84 Å². The van der Waals surface area contributed by atoms with E-state index in [9.17, 15) is 24.0 Å². The predicted molar refractivity (Wildman–Crippen MR) is 78.0 cm³/mol. The average molecular weight is 334 g/mol. The van der Waals surface area contributed by atoms with Crippen LogP contribution in [-0.4, -0.2) is 52.3 Å². The lowest BCUT2D eigenvalue weighted by molar-refractivity contribution is -0.149. The van der Waals surface area contributed by atoms with Gasteiger partial charge in [0.25, 0.3) is 11.8 Å². The summed E-state index contributed by atoms with van der Waals surface area (Å²) in [6.45, 7) is 6.18. The Hall–Kier alpha value is -3.23. The Morgan fingerprint density at radius 1 is 1.33 bits per heavy atom. The first kappa shape index (κ1) is 17.1. The number of allylic oxidation sites excluding steroid dienone is 1. The van der Waals surface area contributed by atoms with Crippen LogP contribution < -0.4 is 5.32 Å². The smallest absolute Gasteiger partial charge is 0.341 e. The predicted octanol–water partition coefficient (Wildman–Crippen LogP) is -0.742. The molecule has 1 atom stereocenters. The number of amides is 4. The van der Waals surface area contributed by atoms with Gasteiger partial charge < -0.3 is 9.84 Å². The van der Waals surface area contributed by atoms with Crippen LogP contribution in [0.2, 0.25) is 0 Å². The number of piperidine rings is 1. The Bertz CT molecular complexity index is 719. The van der Waals surface area contributed by atoms with Gasteiger partial charge in [-0.25, -0.2) is 4.79 Å². The summed E-state index contributed by atoms with van der Waals surface area (Å²) >= 11 is 0. The molecule has 0 aromatic carbocycles.